The third-order valence-electron chi connectivity index (χ3n) is 12.9. The van der Waals surface area contributed by atoms with Crippen molar-refractivity contribution in [3.63, 3.8) is 0 Å². The SMILES string of the molecule is C[Si]1(C)c2cc(-c3ccc(-c4cccc5ccccc45)cc3)ccc2-c2c1ccc1c3c(ccc21)[Si](C)(C)c1cc(-c2cccc4ccccc24)ccc1-3. The summed E-state index contributed by atoms with van der Waals surface area (Å²) in [5.74, 6) is 0. The van der Waals surface area contributed by atoms with Gasteiger partial charge in [-0.3, -0.25) is 0 Å². The summed E-state index contributed by atoms with van der Waals surface area (Å²) in [7, 11) is -3.87. The fourth-order valence-electron chi connectivity index (χ4n) is 10.0. The van der Waals surface area contributed by atoms with Crippen LogP contribution in [0.5, 0.6) is 0 Å². The Balaban J connectivity index is 1.01. The maximum absolute atomic E-state index is 2.55. The van der Waals surface area contributed by atoms with Gasteiger partial charge in [0, 0.05) is 0 Å². The first kappa shape index (κ1) is 31.7. The van der Waals surface area contributed by atoms with Gasteiger partial charge in [-0.25, -0.2) is 0 Å². The topological polar surface area (TPSA) is 0 Å². The maximum Gasteiger partial charge on any atom is 0.113 e. The molecule has 256 valence electrons. The van der Waals surface area contributed by atoms with E-state index in [0.717, 1.165) is 0 Å². The van der Waals surface area contributed by atoms with Crippen LogP contribution in [0.2, 0.25) is 26.2 Å². The van der Waals surface area contributed by atoms with E-state index < -0.39 is 16.1 Å². The van der Waals surface area contributed by atoms with Crippen molar-refractivity contribution in [2.24, 2.45) is 0 Å². The number of hydrogen-bond acceptors (Lipinski definition) is 0. The average Bonchev–Trinajstić information content (AvgIpc) is 3.59. The summed E-state index contributed by atoms with van der Waals surface area (Å²) in [4.78, 5) is 0. The molecule has 0 atom stereocenters. The minimum Gasteiger partial charge on any atom is -0.0616 e. The fourth-order valence-corrected chi connectivity index (χ4v) is 16.2. The molecule has 9 aromatic rings. The Morgan fingerprint density at radius 1 is 0.278 bits per heavy atom. The molecule has 0 fully saturated rings. The third kappa shape index (κ3) is 4.41. The highest BCUT2D eigenvalue weighted by Gasteiger charge is 2.42. The van der Waals surface area contributed by atoms with Gasteiger partial charge < -0.3 is 0 Å². The van der Waals surface area contributed by atoms with E-state index in [2.05, 4.69) is 196 Å². The molecular formula is C52H40Si2. The molecule has 0 amide bonds. The summed E-state index contributed by atoms with van der Waals surface area (Å²) >= 11 is 0. The quantitative estimate of drug-likeness (QED) is 0.159. The van der Waals surface area contributed by atoms with Gasteiger partial charge in [0.05, 0.1) is 0 Å². The Labute approximate surface area is 319 Å². The lowest BCUT2D eigenvalue weighted by atomic mass is 9.91. The van der Waals surface area contributed by atoms with Gasteiger partial charge in [0.2, 0.25) is 0 Å². The molecule has 11 rings (SSSR count). The van der Waals surface area contributed by atoms with E-state index in [1.54, 1.807) is 20.7 Å². The average molecular weight is 721 g/mol. The van der Waals surface area contributed by atoms with Gasteiger partial charge in [-0.05, 0) is 109 Å². The smallest absolute Gasteiger partial charge is 0.0616 e. The van der Waals surface area contributed by atoms with Gasteiger partial charge in [-0.1, -0.05) is 196 Å². The van der Waals surface area contributed by atoms with Gasteiger partial charge >= 0.3 is 0 Å². The molecule has 2 heterocycles. The summed E-state index contributed by atoms with van der Waals surface area (Å²) < 4.78 is 0. The number of fused-ring (bicyclic) bond motifs is 11. The van der Waals surface area contributed by atoms with Gasteiger partial charge in [-0.2, -0.15) is 0 Å². The van der Waals surface area contributed by atoms with Crippen LogP contribution in [-0.2, 0) is 0 Å². The summed E-state index contributed by atoms with van der Waals surface area (Å²) in [6.45, 7) is 10.2. The highest BCUT2D eigenvalue weighted by molar-refractivity contribution is 7.05. The minimum absolute atomic E-state index is 1.26. The van der Waals surface area contributed by atoms with Crippen molar-refractivity contribution in [2.75, 3.05) is 0 Å². The zero-order valence-corrected chi connectivity index (χ0v) is 33.2. The van der Waals surface area contributed by atoms with Crippen molar-refractivity contribution in [3.8, 4) is 55.6 Å². The van der Waals surface area contributed by atoms with Crippen LogP contribution in [0.1, 0.15) is 0 Å². The van der Waals surface area contributed by atoms with Gasteiger partial charge in [-0.15, -0.1) is 0 Å². The lowest BCUT2D eigenvalue weighted by molar-refractivity contribution is 1.61. The molecule has 9 aromatic carbocycles. The Morgan fingerprint density at radius 2 is 0.704 bits per heavy atom. The fraction of sp³-hybridized carbons (Fsp3) is 0.0769. The normalized spacial score (nSPS) is 14.6. The second-order valence-electron chi connectivity index (χ2n) is 16.5. The van der Waals surface area contributed by atoms with Crippen molar-refractivity contribution >= 4 is 69.2 Å². The highest BCUT2D eigenvalue weighted by atomic mass is 28.3. The van der Waals surface area contributed by atoms with Crippen LogP contribution in [0.15, 0.2) is 170 Å². The molecule has 0 radical (unpaired) electrons. The van der Waals surface area contributed by atoms with Crippen molar-refractivity contribution in [3.05, 3.63) is 170 Å². The Bertz CT molecular complexity index is 3030. The van der Waals surface area contributed by atoms with Gasteiger partial charge in [0.1, 0.15) is 16.1 Å². The monoisotopic (exact) mass is 720 g/mol. The van der Waals surface area contributed by atoms with E-state index in [9.17, 15) is 0 Å². The summed E-state index contributed by atoms with van der Waals surface area (Å²) in [6, 6.07) is 64.6. The molecule has 0 aliphatic carbocycles. The molecule has 0 N–H and O–H groups in total. The summed E-state index contributed by atoms with van der Waals surface area (Å²) in [6.07, 6.45) is 0. The molecule has 2 aliphatic rings. The summed E-state index contributed by atoms with van der Waals surface area (Å²) in [5.41, 5.74) is 13.6. The van der Waals surface area contributed by atoms with Crippen molar-refractivity contribution < 1.29 is 0 Å². The van der Waals surface area contributed by atoms with E-state index in [0.29, 0.717) is 0 Å². The van der Waals surface area contributed by atoms with E-state index in [1.165, 1.54) is 88.0 Å². The van der Waals surface area contributed by atoms with E-state index in [1.807, 2.05) is 0 Å². The number of benzene rings is 9. The molecule has 2 heteroatoms. The van der Waals surface area contributed by atoms with Crippen molar-refractivity contribution in [1.29, 1.82) is 0 Å². The van der Waals surface area contributed by atoms with Crippen LogP contribution < -0.4 is 20.7 Å². The second kappa shape index (κ2) is 11.4. The Hall–Kier alpha value is -5.81. The zero-order chi connectivity index (χ0) is 36.3. The first-order valence-corrected chi connectivity index (χ1v) is 25.3. The van der Waals surface area contributed by atoms with E-state index in [4.69, 9.17) is 0 Å². The third-order valence-corrected chi connectivity index (χ3v) is 19.9. The maximum atomic E-state index is 2.55. The first-order valence-electron chi connectivity index (χ1n) is 19.3. The Kier molecular flexibility index (Phi) is 6.66. The van der Waals surface area contributed by atoms with Crippen LogP contribution in [0.4, 0.5) is 0 Å². The van der Waals surface area contributed by atoms with Crippen LogP contribution >= 0.6 is 0 Å². The van der Waals surface area contributed by atoms with Gasteiger partial charge in [0.25, 0.3) is 0 Å². The lowest BCUT2D eigenvalue weighted by Gasteiger charge is -2.21. The predicted molar refractivity (Wildman–Crippen MR) is 240 cm³/mol. The standard InChI is InChI=1S/C52H40Si2/c1-53(2)47-29-27-44-43(28-30-48-52(44)46-26-24-38(32-50(46)54(48,3)4)42-18-10-14-35-12-6-8-16-40(35)42)51(47)45-25-23-37(31-49(45)53)33-19-21-36(22-20-33)41-17-9-13-34-11-5-7-15-39(34)41/h5-32H,1-4H3. The van der Waals surface area contributed by atoms with E-state index >= 15 is 0 Å². The number of rotatable bonds is 3. The first-order chi connectivity index (χ1) is 26.3. The molecule has 0 saturated carbocycles. The molecule has 0 aromatic heterocycles. The highest BCUT2D eigenvalue weighted by Crippen LogP contribution is 2.42. The molecule has 0 spiro atoms. The van der Waals surface area contributed by atoms with Crippen LogP contribution in [-0.4, -0.2) is 16.1 Å². The zero-order valence-electron chi connectivity index (χ0n) is 31.2. The Morgan fingerprint density at radius 3 is 1.26 bits per heavy atom. The van der Waals surface area contributed by atoms with Crippen LogP contribution in [0, 0.1) is 0 Å². The molecule has 54 heavy (non-hydrogen) atoms. The second-order valence-corrected chi connectivity index (χ2v) is 25.1. The van der Waals surface area contributed by atoms with Gasteiger partial charge in [0.15, 0.2) is 0 Å². The van der Waals surface area contributed by atoms with Crippen LogP contribution in [0.25, 0.3) is 88.0 Å². The molecule has 0 unspecified atom stereocenters. The molecule has 0 saturated heterocycles. The predicted octanol–water partition coefficient (Wildman–Crippen LogP) is 11.8. The molecular weight excluding hydrogens is 681 g/mol. The summed E-state index contributed by atoms with van der Waals surface area (Å²) in [5, 5.41) is 14.3. The molecule has 0 bridgehead atoms. The molecule has 2 aliphatic heterocycles. The number of hydrogen-bond donors (Lipinski definition) is 0. The largest absolute Gasteiger partial charge is 0.113 e. The lowest BCUT2D eigenvalue weighted by Crippen LogP contribution is -2.49. The van der Waals surface area contributed by atoms with Crippen molar-refractivity contribution in [1.82, 2.24) is 0 Å². The minimum atomic E-state index is -1.94. The van der Waals surface area contributed by atoms with E-state index in [-0.39, 0.29) is 0 Å². The van der Waals surface area contributed by atoms with Crippen molar-refractivity contribution in [2.45, 2.75) is 26.2 Å². The molecule has 0 nitrogen and oxygen atoms in total. The van der Waals surface area contributed by atoms with Crippen LogP contribution in [0.3, 0.4) is 0 Å².